The first kappa shape index (κ1) is 15.5. The van der Waals surface area contributed by atoms with Gasteiger partial charge in [-0.05, 0) is 29.7 Å². The van der Waals surface area contributed by atoms with Gasteiger partial charge in [-0.3, -0.25) is 4.79 Å². The van der Waals surface area contributed by atoms with Gasteiger partial charge in [-0.2, -0.15) is 0 Å². The van der Waals surface area contributed by atoms with Gasteiger partial charge in [-0.1, -0.05) is 36.4 Å². The first-order chi connectivity index (χ1) is 11.2. The average Bonchev–Trinajstić information content (AvgIpc) is 2.59. The predicted molar refractivity (Wildman–Crippen MR) is 86.4 cm³/mol. The summed E-state index contributed by atoms with van der Waals surface area (Å²) in [5.74, 6) is -1.57. The summed E-state index contributed by atoms with van der Waals surface area (Å²) >= 11 is 0. The maximum Gasteiger partial charge on any atom is 0.326 e. The number of carboxylic acid groups (broad SMARTS) is 1. The van der Waals surface area contributed by atoms with Gasteiger partial charge in [0.15, 0.2) is 0 Å². The largest absolute Gasteiger partial charge is 0.480 e. The first-order valence-corrected chi connectivity index (χ1v) is 7.76. The molecule has 2 aromatic carbocycles. The maximum atomic E-state index is 12.6. The minimum atomic E-state index is -1.02. The number of carbonyl (C=O) groups is 2. The molecular weight excluding hydrogens is 294 g/mol. The van der Waals surface area contributed by atoms with E-state index < -0.39 is 12.0 Å². The molecule has 2 aromatic rings. The molecule has 1 aliphatic rings. The molecule has 0 saturated carbocycles. The molecule has 23 heavy (non-hydrogen) atoms. The van der Waals surface area contributed by atoms with Crippen LogP contribution in [0.5, 0.6) is 0 Å². The Hall–Kier alpha value is -2.40. The summed E-state index contributed by atoms with van der Waals surface area (Å²) in [5.41, 5.74) is 0.492. The smallest absolute Gasteiger partial charge is 0.326 e. The Morgan fingerprint density at radius 1 is 1.17 bits per heavy atom. The third-order valence-electron chi connectivity index (χ3n) is 4.25. The van der Waals surface area contributed by atoms with Crippen molar-refractivity contribution >= 4 is 22.6 Å². The molecule has 2 unspecified atom stereocenters. The number of carboxylic acids is 1. The van der Waals surface area contributed by atoms with E-state index in [1.165, 1.54) is 0 Å². The first-order valence-electron chi connectivity index (χ1n) is 7.76. The van der Waals surface area contributed by atoms with E-state index in [-0.39, 0.29) is 11.8 Å². The van der Waals surface area contributed by atoms with Crippen LogP contribution < -0.4 is 5.32 Å². The van der Waals surface area contributed by atoms with Crippen molar-refractivity contribution in [2.75, 3.05) is 13.2 Å². The van der Waals surface area contributed by atoms with Gasteiger partial charge in [0.1, 0.15) is 6.04 Å². The second-order valence-electron chi connectivity index (χ2n) is 5.79. The summed E-state index contributed by atoms with van der Waals surface area (Å²) in [6.07, 6.45) is 1.56. The number of nitrogens with one attached hydrogen (secondary N) is 1. The van der Waals surface area contributed by atoms with Crippen LogP contribution in [0.2, 0.25) is 0 Å². The van der Waals surface area contributed by atoms with E-state index in [0.29, 0.717) is 18.8 Å². The zero-order valence-electron chi connectivity index (χ0n) is 12.7. The summed E-state index contributed by atoms with van der Waals surface area (Å²) < 4.78 is 5.36. The lowest BCUT2D eigenvalue weighted by atomic mass is 9.93. The Balaban J connectivity index is 1.84. The highest BCUT2D eigenvalue weighted by atomic mass is 16.5. The van der Waals surface area contributed by atoms with Gasteiger partial charge in [-0.25, -0.2) is 4.79 Å². The molecule has 5 nitrogen and oxygen atoms in total. The van der Waals surface area contributed by atoms with Gasteiger partial charge in [0, 0.05) is 18.1 Å². The number of rotatable bonds is 4. The molecule has 0 aromatic heterocycles. The number of aliphatic carboxylic acids is 1. The standard InChI is InChI=1S/C18H19NO4/c20-17(15-9-3-6-12-5-1-2-8-14(12)15)19-16(18(21)22)13-7-4-10-23-11-13/h1-3,5-6,8-9,13,16H,4,7,10-11H2,(H,19,20)(H,21,22). The van der Waals surface area contributed by atoms with E-state index in [9.17, 15) is 14.7 Å². The molecule has 1 fully saturated rings. The summed E-state index contributed by atoms with van der Waals surface area (Å²) in [4.78, 5) is 24.2. The molecule has 3 rings (SSSR count). The van der Waals surface area contributed by atoms with Gasteiger partial charge < -0.3 is 15.2 Å². The topological polar surface area (TPSA) is 75.6 Å². The molecule has 0 aliphatic carbocycles. The van der Waals surface area contributed by atoms with Gasteiger partial charge in [0.25, 0.3) is 5.91 Å². The summed E-state index contributed by atoms with van der Waals surface area (Å²) in [6, 6.07) is 12.1. The number of hydrogen-bond acceptors (Lipinski definition) is 3. The van der Waals surface area contributed by atoms with Crippen LogP contribution in [0.1, 0.15) is 23.2 Å². The zero-order valence-corrected chi connectivity index (χ0v) is 12.7. The van der Waals surface area contributed by atoms with Crippen molar-refractivity contribution < 1.29 is 19.4 Å². The van der Waals surface area contributed by atoms with Crippen molar-refractivity contribution in [1.82, 2.24) is 5.32 Å². The average molecular weight is 313 g/mol. The number of hydrogen-bond donors (Lipinski definition) is 2. The number of carbonyl (C=O) groups excluding carboxylic acids is 1. The lowest BCUT2D eigenvalue weighted by molar-refractivity contribution is -0.142. The molecule has 1 amide bonds. The van der Waals surface area contributed by atoms with Crippen molar-refractivity contribution in [3.05, 3.63) is 48.0 Å². The Labute approximate surface area is 134 Å². The SMILES string of the molecule is O=C(NC(C(=O)O)C1CCCOC1)c1cccc2ccccc12. The van der Waals surface area contributed by atoms with Gasteiger partial charge in [0.05, 0.1) is 6.61 Å². The molecule has 1 aliphatic heterocycles. The minimum absolute atomic E-state index is 0.194. The quantitative estimate of drug-likeness (QED) is 0.909. The van der Waals surface area contributed by atoms with Crippen LogP contribution in [0.4, 0.5) is 0 Å². The van der Waals surface area contributed by atoms with Crippen LogP contribution in [-0.4, -0.2) is 36.2 Å². The van der Waals surface area contributed by atoms with Crippen molar-refractivity contribution in [3.8, 4) is 0 Å². The van der Waals surface area contributed by atoms with E-state index in [1.807, 2.05) is 30.3 Å². The Kier molecular flexibility index (Phi) is 4.57. The van der Waals surface area contributed by atoms with E-state index in [1.54, 1.807) is 12.1 Å². The molecule has 0 bridgehead atoms. The lowest BCUT2D eigenvalue weighted by Crippen LogP contribution is -2.48. The van der Waals surface area contributed by atoms with Crippen LogP contribution >= 0.6 is 0 Å². The lowest BCUT2D eigenvalue weighted by Gasteiger charge is -2.28. The van der Waals surface area contributed by atoms with Crippen LogP contribution in [0.25, 0.3) is 10.8 Å². The van der Waals surface area contributed by atoms with Crippen LogP contribution in [0.3, 0.4) is 0 Å². The van der Waals surface area contributed by atoms with Crippen molar-refractivity contribution in [3.63, 3.8) is 0 Å². The van der Waals surface area contributed by atoms with E-state index >= 15 is 0 Å². The Morgan fingerprint density at radius 2 is 1.96 bits per heavy atom. The highest BCUT2D eigenvalue weighted by Gasteiger charge is 2.31. The normalized spacial score (nSPS) is 19.2. The Bertz CT molecular complexity index is 717. The molecule has 1 heterocycles. The zero-order chi connectivity index (χ0) is 16.2. The fourth-order valence-electron chi connectivity index (χ4n) is 3.05. The van der Waals surface area contributed by atoms with E-state index in [2.05, 4.69) is 5.32 Å². The third-order valence-corrected chi connectivity index (χ3v) is 4.25. The van der Waals surface area contributed by atoms with E-state index in [4.69, 9.17) is 4.74 Å². The number of amides is 1. The molecule has 0 radical (unpaired) electrons. The van der Waals surface area contributed by atoms with Crippen molar-refractivity contribution in [1.29, 1.82) is 0 Å². The summed E-state index contributed by atoms with van der Waals surface area (Å²) in [7, 11) is 0. The Morgan fingerprint density at radius 3 is 2.70 bits per heavy atom. The van der Waals surface area contributed by atoms with Crippen LogP contribution in [-0.2, 0) is 9.53 Å². The molecule has 1 saturated heterocycles. The molecule has 120 valence electrons. The van der Waals surface area contributed by atoms with Gasteiger partial charge >= 0.3 is 5.97 Å². The van der Waals surface area contributed by atoms with Gasteiger partial charge in [-0.15, -0.1) is 0 Å². The fraction of sp³-hybridized carbons (Fsp3) is 0.333. The highest BCUT2D eigenvalue weighted by Crippen LogP contribution is 2.21. The second kappa shape index (κ2) is 6.79. The molecule has 0 spiro atoms. The van der Waals surface area contributed by atoms with Gasteiger partial charge in [0.2, 0.25) is 0 Å². The maximum absolute atomic E-state index is 12.6. The highest BCUT2D eigenvalue weighted by molar-refractivity contribution is 6.07. The number of ether oxygens (including phenoxy) is 1. The minimum Gasteiger partial charge on any atom is -0.480 e. The van der Waals surface area contributed by atoms with Crippen LogP contribution in [0, 0.1) is 5.92 Å². The molecule has 5 heteroatoms. The van der Waals surface area contributed by atoms with Crippen molar-refractivity contribution in [2.24, 2.45) is 5.92 Å². The van der Waals surface area contributed by atoms with Crippen LogP contribution in [0.15, 0.2) is 42.5 Å². The molecule has 2 atom stereocenters. The summed E-state index contributed by atoms with van der Waals surface area (Å²) in [5, 5.41) is 13.9. The van der Waals surface area contributed by atoms with Crippen molar-refractivity contribution in [2.45, 2.75) is 18.9 Å². The molecule has 2 N–H and O–H groups in total. The number of benzene rings is 2. The van der Waals surface area contributed by atoms with E-state index in [0.717, 1.165) is 23.6 Å². The monoisotopic (exact) mass is 313 g/mol. The number of fused-ring (bicyclic) bond motifs is 1. The predicted octanol–water partition coefficient (Wildman–Crippen LogP) is 2.45. The third kappa shape index (κ3) is 3.35. The fourth-order valence-corrected chi connectivity index (χ4v) is 3.05. The molecular formula is C18H19NO4. The summed E-state index contributed by atoms with van der Waals surface area (Å²) in [6.45, 7) is 1.02. The second-order valence-corrected chi connectivity index (χ2v) is 5.79.